The maximum atomic E-state index is 14.1. The number of ether oxygens (including phenoxy) is 2. The zero-order chi connectivity index (χ0) is 31.8. The Morgan fingerprint density at radius 1 is 1.07 bits per heavy atom. The number of esters is 2. The minimum Gasteiger partial charge on any atom is -0.462 e. The van der Waals surface area contributed by atoms with Gasteiger partial charge >= 0.3 is 11.9 Å². The summed E-state index contributed by atoms with van der Waals surface area (Å²) in [7, 11) is 0. The molecule has 0 bridgehead atoms. The lowest BCUT2D eigenvalue weighted by Crippen LogP contribution is -2.27. The molecule has 1 aromatic carbocycles. The second kappa shape index (κ2) is 15.3. The number of nitrogens with zero attached hydrogens (tertiary/aromatic N) is 3. The first-order valence-corrected chi connectivity index (χ1v) is 16.3. The van der Waals surface area contributed by atoms with Crippen LogP contribution in [-0.4, -0.2) is 57.0 Å². The minimum atomic E-state index is -0.675. The lowest BCUT2D eigenvalue weighted by molar-refractivity contribution is -0.115. The van der Waals surface area contributed by atoms with Gasteiger partial charge in [0.25, 0.3) is 5.91 Å². The third kappa shape index (κ3) is 7.65. The van der Waals surface area contributed by atoms with Gasteiger partial charge < -0.3 is 24.7 Å². The summed E-state index contributed by atoms with van der Waals surface area (Å²) in [5.41, 5.74) is 0.429. The molecule has 2 N–H and O–H groups in total. The van der Waals surface area contributed by atoms with Crippen molar-refractivity contribution in [3.8, 4) is 0 Å². The highest BCUT2D eigenvalue weighted by Gasteiger charge is 2.30. The number of nitrogens with one attached hydrogen (secondary N) is 2. The zero-order valence-corrected chi connectivity index (χ0v) is 26.7. The van der Waals surface area contributed by atoms with Crippen molar-refractivity contribution in [1.82, 2.24) is 20.1 Å². The fourth-order valence-corrected chi connectivity index (χ4v) is 7.01. The molecule has 0 saturated heterocycles. The van der Waals surface area contributed by atoms with E-state index in [1.165, 1.54) is 30.0 Å². The second-order valence-electron chi connectivity index (χ2n) is 10.2. The number of carbonyl (C=O) groups is 4. The zero-order valence-electron chi connectivity index (χ0n) is 25.1. The van der Waals surface area contributed by atoms with E-state index in [9.17, 15) is 23.6 Å². The molecule has 14 heteroatoms. The summed E-state index contributed by atoms with van der Waals surface area (Å²) in [5.74, 6) is -2.31. The number of amides is 2. The van der Waals surface area contributed by atoms with E-state index in [1.54, 1.807) is 33.8 Å². The van der Waals surface area contributed by atoms with E-state index >= 15 is 0 Å². The van der Waals surface area contributed by atoms with Gasteiger partial charge in [-0.1, -0.05) is 43.2 Å². The molecular formula is C30H36FN5O6S2. The number of hydrogen-bond donors (Lipinski definition) is 2. The first kappa shape index (κ1) is 33.1. The fraction of sp³-hybridized carbons (Fsp3) is 0.467. The van der Waals surface area contributed by atoms with Gasteiger partial charge in [0.05, 0.1) is 36.1 Å². The summed E-state index contributed by atoms with van der Waals surface area (Å²) < 4.78 is 26.4. The van der Waals surface area contributed by atoms with Crippen molar-refractivity contribution in [3.05, 3.63) is 57.5 Å². The second-order valence-corrected chi connectivity index (χ2v) is 12.5. The van der Waals surface area contributed by atoms with Gasteiger partial charge in [-0.15, -0.1) is 21.5 Å². The minimum absolute atomic E-state index is 0.0335. The van der Waals surface area contributed by atoms with Gasteiger partial charge in [-0.25, -0.2) is 14.0 Å². The molecule has 4 rings (SSSR count). The number of thioether (sulfide) groups is 1. The van der Waals surface area contributed by atoms with Crippen LogP contribution in [0.1, 0.15) is 101 Å². The summed E-state index contributed by atoms with van der Waals surface area (Å²) in [5, 5.41) is 14.3. The van der Waals surface area contributed by atoms with E-state index in [0.717, 1.165) is 43.4 Å². The molecule has 0 spiro atoms. The van der Waals surface area contributed by atoms with Crippen LogP contribution in [0.4, 0.5) is 9.39 Å². The Morgan fingerprint density at radius 2 is 1.75 bits per heavy atom. The maximum Gasteiger partial charge on any atom is 0.348 e. The van der Waals surface area contributed by atoms with Gasteiger partial charge in [-0.05, 0) is 58.2 Å². The summed E-state index contributed by atoms with van der Waals surface area (Å²) in [4.78, 5) is 51.6. The molecule has 2 heterocycles. The molecular weight excluding hydrogens is 609 g/mol. The SMILES string of the molecule is CCOC(=O)c1sc(NC(=O)C(C)Sc2nnc(CNC(=O)c3ccccc3F)n2C2CCCCC2)c(C(=O)OCC)c1C. The van der Waals surface area contributed by atoms with E-state index in [-0.39, 0.29) is 46.8 Å². The third-order valence-electron chi connectivity index (χ3n) is 7.18. The molecule has 44 heavy (non-hydrogen) atoms. The van der Waals surface area contributed by atoms with Crippen molar-refractivity contribution >= 4 is 51.9 Å². The standard InChI is InChI=1S/C30H36FN5O6S2/c1-5-41-28(39)23-17(3)24(29(40)42-6-2)44-27(23)33-25(37)18(4)43-30-35-34-22(36(30)19-12-8-7-9-13-19)16-32-26(38)20-14-10-11-15-21(20)31/h10-11,14-15,18-19H,5-9,12-13,16H2,1-4H3,(H,32,38)(H,33,37). The maximum absolute atomic E-state index is 14.1. The highest BCUT2D eigenvalue weighted by molar-refractivity contribution is 8.00. The van der Waals surface area contributed by atoms with E-state index < -0.39 is 34.8 Å². The molecule has 1 atom stereocenters. The largest absolute Gasteiger partial charge is 0.462 e. The van der Waals surface area contributed by atoms with Crippen LogP contribution in [0, 0.1) is 12.7 Å². The van der Waals surface area contributed by atoms with Crippen LogP contribution in [0.3, 0.4) is 0 Å². The molecule has 1 aliphatic carbocycles. The predicted molar refractivity (Wildman–Crippen MR) is 165 cm³/mol. The Hall–Kier alpha value is -3.78. The molecule has 1 unspecified atom stereocenters. The monoisotopic (exact) mass is 645 g/mol. The van der Waals surface area contributed by atoms with Gasteiger partial charge in [0.1, 0.15) is 15.7 Å². The molecule has 11 nitrogen and oxygen atoms in total. The topological polar surface area (TPSA) is 142 Å². The Morgan fingerprint density at radius 3 is 2.43 bits per heavy atom. The normalized spacial score (nSPS) is 14.1. The number of anilines is 1. The van der Waals surface area contributed by atoms with Crippen LogP contribution in [0.5, 0.6) is 0 Å². The average Bonchev–Trinajstić information content (AvgIpc) is 3.56. The Balaban J connectivity index is 1.54. The molecule has 236 valence electrons. The van der Waals surface area contributed by atoms with Crippen molar-refractivity contribution in [2.45, 2.75) is 82.8 Å². The number of carbonyl (C=O) groups excluding carboxylic acids is 4. The fourth-order valence-electron chi connectivity index (χ4n) is 4.98. The Labute approximate surface area is 263 Å². The smallest absolute Gasteiger partial charge is 0.348 e. The Kier molecular flexibility index (Phi) is 11.5. The summed E-state index contributed by atoms with van der Waals surface area (Å²) in [6.45, 7) is 7.00. The number of rotatable bonds is 12. The van der Waals surface area contributed by atoms with Crippen LogP contribution in [0.2, 0.25) is 0 Å². The van der Waals surface area contributed by atoms with Crippen LogP contribution in [0.25, 0.3) is 0 Å². The quantitative estimate of drug-likeness (QED) is 0.188. The molecule has 1 aliphatic rings. The van der Waals surface area contributed by atoms with Gasteiger partial charge in [-0.3, -0.25) is 9.59 Å². The van der Waals surface area contributed by atoms with Crippen LogP contribution < -0.4 is 10.6 Å². The van der Waals surface area contributed by atoms with Crippen LogP contribution >= 0.6 is 23.1 Å². The summed E-state index contributed by atoms with van der Waals surface area (Å²) in [6.07, 6.45) is 4.97. The molecule has 2 aromatic heterocycles. The van der Waals surface area contributed by atoms with Crippen molar-refractivity contribution < 1.29 is 33.0 Å². The van der Waals surface area contributed by atoms with E-state index in [2.05, 4.69) is 20.8 Å². The average molecular weight is 646 g/mol. The lowest BCUT2D eigenvalue weighted by atomic mass is 9.95. The van der Waals surface area contributed by atoms with Gasteiger partial charge in [0.15, 0.2) is 11.0 Å². The number of benzene rings is 1. The molecule has 0 aliphatic heterocycles. The van der Waals surface area contributed by atoms with E-state index in [0.29, 0.717) is 16.5 Å². The van der Waals surface area contributed by atoms with Gasteiger partial charge in [0.2, 0.25) is 5.91 Å². The number of halogens is 1. The van der Waals surface area contributed by atoms with Crippen molar-refractivity contribution in [2.75, 3.05) is 18.5 Å². The number of thiophene rings is 1. The molecule has 0 radical (unpaired) electrons. The molecule has 2 amide bonds. The summed E-state index contributed by atoms with van der Waals surface area (Å²) in [6, 6.07) is 5.83. The number of hydrogen-bond acceptors (Lipinski definition) is 10. The highest BCUT2D eigenvalue weighted by Crippen LogP contribution is 2.37. The Bertz CT molecular complexity index is 1520. The van der Waals surface area contributed by atoms with Gasteiger partial charge in [0, 0.05) is 6.04 Å². The first-order chi connectivity index (χ1) is 21.2. The number of aromatic nitrogens is 3. The van der Waals surface area contributed by atoms with Crippen LogP contribution in [-0.2, 0) is 20.8 Å². The molecule has 1 saturated carbocycles. The lowest BCUT2D eigenvalue weighted by Gasteiger charge is -2.26. The van der Waals surface area contributed by atoms with E-state index in [4.69, 9.17) is 9.47 Å². The molecule has 3 aromatic rings. The highest BCUT2D eigenvalue weighted by atomic mass is 32.2. The molecule has 1 fully saturated rings. The van der Waals surface area contributed by atoms with Crippen molar-refractivity contribution in [1.29, 1.82) is 0 Å². The predicted octanol–water partition coefficient (Wildman–Crippen LogP) is 5.70. The van der Waals surface area contributed by atoms with Crippen LogP contribution in [0.15, 0.2) is 29.4 Å². The third-order valence-corrected chi connectivity index (χ3v) is 9.42. The van der Waals surface area contributed by atoms with Crippen molar-refractivity contribution in [2.24, 2.45) is 0 Å². The van der Waals surface area contributed by atoms with Gasteiger partial charge in [-0.2, -0.15) is 0 Å². The summed E-state index contributed by atoms with van der Waals surface area (Å²) >= 11 is 2.16. The van der Waals surface area contributed by atoms with Crippen molar-refractivity contribution in [3.63, 3.8) is 0 Å². The van der Waals surface area contributed by atoms with E-state index in [1.807, 2.05) is 4.57 Å². The first-order valence-electron chi connectivity index (χ1n) is 14.6.